The van der Waals surface area contributed by atoms with Crippen molar-refractivity contribution >= 4 is 18.3 Å². The van der Waals surface area contributed by atoms with Crippen LogP contribution in [0.4, 0.5) is 0 Å². The summed E-state index contributed by atoms with van der Waals surface area (Å²) in [4.78, 5) is 14.1. The minimum atomic E-state index is 0. The Morgan fingerprint density at radius 2 is 1.95 bits per heavy atom. The van der Waals surface area contributed by atoms with Gasteiger partial charge in [-0.3, -0.25) is 4.79 Å². The number of carbonyl (C=O) groups is 1. The van der Waals surface area contributed by atoms with E-state index in [0.717, 1.165) is 45.1 Å². The molecule has 0 heterocycles. The molecule has 0 saturated heterocycles. The summed E-state index contributed by atoms with van der Waals surface area (Å²) in [6.45, 7) is 0.842. The molecule has 3 nitrogen and oxygen atoms in total. The van der Waals surface area contributed by atoms with E-state index in [-0.39, 0.29) is 30.3 Å². The quantitative estimate of drug-likeness (QED) is 0.821. The zero-order valence-corrected chi connectivity index (χ0v) is 13.6. The van der Waals surface area contributed by atoms with Crippen molar-refractivity contribution in [1.82, 2.24) is 4.90 Å². The van der Waals surface area contributed by atoms with Crippen molar-refractivity contribution in [2.24, 2.45) is 11.7 Å². The van der Waals surface area contributed by atoms with Crippen LogP contribution in [0.15, 0.2) is 30.3 Å². The molecule has 4 heteroatoms. The third-order valence-corrected chi connectivity index (χ3v) is 4.31. The maximum Gasteiger partial charge on any atom is 0.226 e. The fourth-order valence-electron chi connectivity index (χ4n) is 3.01. The first-order chi connectivity index (χ1) is 9.68. The Kier molecular flexibility index (Phi) is 7.76. The van der Waals surface area contributed by atoms with Gasteiger partial charge in [0.25, 0.3) is 0 Å². The van der Waals surface area contributed by atoms with Gasteiger partial charge in [0.05, 0.1) is 5.92 Å². The van der Waals surface area contributed by atoms with Crippen molar-refractivity contribution < 1.29 is 4.79 Å². The lowest BCUT2D eigenvalue weighted by Crippen LogP contribution is -2.40. The molecule has 0 aliphatic heterocycles. The lowest BCUT2D eigenvalue weighted by molar-refractivity contribution is -0.134. The van der Waals surface area contributed by atoms with Gasteiger partial charge in [-0.25, -0.2) is 0 Å². The van der Waals surface area contributed by atoms with Gasteiger partial charge in [0, 0.05) is 19.6 Å². The van der Waals surface area contributed by atoms with Crippen molar-refractivity contribution in [2.45, 2.75) is 44.6 Å². The van der Waals surface area contributed by atoms with E-state index in [9.17, 15) is 4.79 Å². The van der Waals surface area contributed by atoms with Crippen molar-refractivity contribution in [3.63, 3.8) is 0 Å². The molecule has 0 bridgehead atoms. The zero-order valence-electron chi connectivity index (χ0n) is 12.8. The molecule has 2 rings (SSSR count). The summed E-state index contributed by atoms with van der Waals surface area (Å²) < 4.78 is 0. The maximum atomic E-state index is 12.3. The van der Waals surface area contributed by atoms with E-state index in [1.54, 1.807) is 0 Å². The van der Waals surface area contributed by atoms with Crippen LogP contribution in [0, 0.1) is 5.92 Å². The number of amides is 1. The predicted octanol–water partition coefficient (Wildman–Crippen LogP) is 3.02. The Hall–Kier alpha value is -1.06. The molecule has 1 aliphatic rings. The van der Waals surface area contributed by atoms with Crippen LogP contribution in [0.1, 0.15) is 37.7 Å². The lowest BCUT2D eigenvalue weighted by Gasteiger charge is -2.23. The van der Waals surface area contributed by atoms with E-state index >= 15 is 0 Å². The number of hydrogen-bond donors (Lipinski definition) is 1. The summed E-state index contributed by atoms with van der Waals surface area (Å²) in [5.74, 6) is 0.309. The molecule has 0 spiro atoms. The van der Waals surface area contributed by atoms with Crippen LogP contribution in [0.3, 0.4) is 0 Å². The number of nitrogens with two attached hydrogens (primary N) is 1. The third-order valence-electron chi connectivity index (χ3n) is 4.31. The van der Waals surface area contributed by atoms with Gasteiger partial charge >= 0.3 is 0 Å². The van der Waals surface area contributed by atoms with Gasteiger partial charge in [0.15, 0.2) is 0 Å². The monoisotopic (exact) mass is 310 g/mol. The van der Waals surface area contributed by atoms with Crippen LogP contribution in [0.2, 0.25) is 0 Å². The van der Waals surface area contributed by atoms with Crippen LogP contribution in [0.5, 0.6) is 0 Å². The van der Waals surface area contributed by atoms with Gasteiger partial charge in [-0.2, -0.15) is 0 Å². The molecule has 1 fully saturated rings. The number of nitrogens with zero attached hydrogens (tertiary/aromatic N) is 1. The first-order valence-electron chi connectivity index (χ1n) is 7.73. The summed E-state index contributed by atoms with van der Waals surface area (Å²) in [5, 5.41) is 0. The number of unbranched alkanes of at least 4 members (excludes halogenated alkanes) is 1. The summed E-state index contributed by atoms with van der Waals surface area (Å²) >= 11 is 0. The van der Waals surface area contributed by atoms with Crippen LogP contribution in [-0.2, 0) is 11.2 Å². The molecule has 1 saturated carbocycles. The molecule has 1 aromatic carbocycles. The Labute approximate surface area is 134 Å². The van der Waals surface area contributed by atoms with Crippen molar-refractivity contribution in [3.05, 3.63) is 35.9 Å². The first kappa shape index (κ1) is 18.0. The molecule has 0 aromatic heterocycles. The van der Waals surface area contributed by atoms with Gasteiger partial charge in [0.2, 0.25) is 5.91 Å². The third kappa shape index (κ3) is 5.33. The molecule has 21 heavy (non-hydrogen) atoms. The Bertz CT molecular complexity index is 424. The van der Waals surface area contributed by atoms with E-state index < -0.39 is 0 Å². The number of carbonyl (C=O) groups excluding carboxylic acids is 1. The van der Waals surface area contributed by atoms with Crippen molar-refractivity contribution in [2.75, 3.05) is 13.6 Å². The van der Waals surface area contributed by atoms with Crippen LogP contribution >= 0.6 is 12.4 Å². The lowest BCUT2D eigenvalue weighted by atomic mass is 10.0. The average molecular weight is 311 g/mol. The minimum Gasteiger partial charge on any atom is -0.345 e. The van der Waals surface area contributed by atoms with Gasteiger partial charge in [-0.15, -0.1) is 12.4 Å². The molecule has 118 valence electrons. The van der Waals surface area contributed by atoms with E-state index in [1.165, 1.54) is 5.56 Å². The molecular weight excluding hydrogens is 284 g/mol. The number of benzene rings is 1. The number of aryl methyl sites for hydroxylation is 1. The summed E-state index contributed by atoms with van der Waals surface area (Å²) in [7, 11) is 1.91. The second-order valence-electron chi connectivity index (χ2n) is 5.90. The Morgan fingerprint density at radius 1 is 1.24 bits per heavy atom. The summed E-state index contributed by atoms with van der Waals surface area (Å²) in [6, 6.07) is 10.6. The smallest absolute Gasteiger partial charge is 0.226 e. The standard InChI is InChI=1S/C17H26N2O.ClH/c1-19(17(20)15-11-7-12-16(15)18)13-6-5-10-14-8-3-2-4-9-14;/h2-4,8-9,15-16H,5-7,10-13,18H2,1H3;1H. The van der Waals surface area contributed by atoms with Gasteiger partial charge in [-0.05, 0) is 37.7 Å². The summed E-state index contributed by atoms with van der Waals surface area (Å²) in [5.41, 5.74) is 7.38. The maximum absolute atomic E-state index is 12.3. The van der Waals surface area contributed by atoms with Gasteiger partial charge < -0.3 is 10.6 Å². The SMILES string of the molecule is CN(CCCCc1ccccc1)C(=O)C1CCCC1N.Cl. The second kappa shape index (κ2) is 9.06. The second-order valence-corrected chi connectivity index (χ2v) is 5.90. The summed E-state index contributed by atoms with van der Waals surface area (Å²) in [6.07, 6.45) is 6.33. The topological polar surface area (TPSA) is 46.3 Å². The highest BCUT2D eigenvalue weighted by atomic mass is 35.5. The fraction of sp³-hybridized carbons (Fsp3) is 0.588. The van der Waals surface area contributed by atoms with Crippen molar-refractivity contribution in [3.8, 4) is 0 Å². The molecule has 1 amide bonds. The van der Waals surface area contributed by atoms with E-state index in [1.807, 2.05) is 18.0 Å². The van der Waals surface area contributed by atoms with Crippen LogP contribution in [0.25, 0.3) is 0 Å². The molecule has 2 unspecified atom stereocenters. The van der Waals surface area contributed by atoms with Crippen molar-refractivity contribution in [1.29, 1.82) is 0 Å². The van der Waals surface area contributed by atoms with Gasteiger partial charge in [-0.1, -0.05) is 36.8 Å². The number of hydrogen-bond acceptors (Lipinski definition) is 2. The normalized spacial score (nSPS) is 20.9. The highest BCUT2D eigenvalue weighted by molar-refractivity contribution is 5.85. The first-order valence-corrected chi connectivity index (χ1v) is 7.73. The predicted molar refractivity (Wildman–Crippen MR) is 89.6 cm³/mol. The molecule has 2 atom stereocenters. The highest BCUT2D eigenvalue weighted by Crippen LogP contribution is 2.25. The fourth-order valence-corrected chi connectivity index (χ4v) is 3.01. The Balaban J connectivity index is 0.00000220. The largest absolute Gasteiger partial charge is 0.345 e. The van der Waals surface area contributed by atoms with Crippen LogP contribution in [-0.4, -0.2) is 30.4 Å². The number of rotatable bonds is 6. The minimum absolute atomic E-state index is 0. The van der Waals surface area contributed by atoms with E-state index in [4.69, 9.17) is 5.73 Å². The van der Waals surface area contributed by atoms with E-state index in [0.29, 0.717) is 0 Å². The molecule has 0 radical (unpaired) electrons. The molecule has 2 N–H and O–H groups in total. The number of halogens is 1. The van der Waals surface area contributed by atoms with E-state index in [2.05, 4.69) is 24.3 Å². The molecular formula is C17H27ClN2O. The average Bonchev–Trinajstić information content (AvgIpc) is 2.90. The molecule has 1 aromatic rings. The highest BCUT2D eigenvalue weighted by Gasteiger charge is 2.31. The molecule has 1 aliphatic carbocycles. The zero-order chi connectivity index (χ0) is 14.4. The van der Waals surface area contributed by atoms with Gasteiger partial charge in [0.1, 0.15) is 0 Å². The van der Waals surface area contributed by atoms with Crippen LogP contribution < -0.4 is 5.73 Å². The Morgan fingerprint density at radius 3 is 2.57 bits per heavy atom.